The third-order valence-corrected chi connectivity index (χ3v) is 9.61. The van der Waals surface area contributed by atoms with Crippen LogP contribution in [0.2, 0.25) is 10.0 Å². The number of benzene rings is 2. The maximum atomic E-state index is 13.4. The van der Waals surface area contributed by atoms with Gasteiger partial charge in [-0.25, -0.2) is 4.79 Å². The van der Waals surface area contributed by atoms with E-state index < -0.39 is 0 Å². The predicted molar refractivity (Wildman–Crippen MR) is 165 cm³/mol. The summed E-state index contributed by atoms with van der Waals surface area (Å²) in [7, 11) is 0. The van der Waals surface area contributed by atoms with Crippen LogP contribution in [0.1, 0.15) is 47.7 Å². The third-order valence-electron chi connectivity index (χ3n) is 8.97. The van der Waals surface area contributed by atoms with E-state index >= 15 is 0 Å². The fraction of sp³-hybridized carbons (Fsp3) is 0.531. The van der Waals surface area contributed by atoms with Crippen molar-refractivity contribution in [3.63, 3.8) is 0 Å². The Bertz CT molecular complexity index is 1320. The number of ether oxygens (including phenoxy) is 1. The number of rotatable bonds is 7. The van der Waals surface area contributed by atoms with Gasteiger partial charge < -0.3 is 19.4 Å². The second-order valence-corrected chi connectivity index (χ2v) is 12.8. The lowest BCUT2D eigenvalue weighted by Gasteiger charge is -2.32. The number of fused-ring (bicyclic) bond motifs is 1. The molecular formula is C32H40Cl2N4O4. The zero-order valence-electron chi connectivity index (χ0n) is 24.7. The Labute approximate surface area is 258 Å². The quantitative estimate of drug-likeness (QED) is 0.402. The molecule has 2 unspecified atom stereocenters. The molecule has 2 aromatic rings. The first kappa shape index (κ1) is 30.6. The molecule has 0 saturated carbocycles. The molecule has 0 spiro atoms. The van der Waals surface area contributed by atoms with Gasteiger partial charge in [-0.15, -0.1) is 0 Å². The molecule has 0 aliphatic carbocycles. The minimum atomic E-state index is -0.374. The van der Waals surface area contributed by atoms with Crippen LogP contribution in [-0.4, -0.2) is 91.1 Å². The first-order chi connectivity index (χ1) is 20.1. The largest absolute Gasteiger partial charge is 0.446 e. The Balaban J connectivity index is 1.14. The van der Waals surface area contributed by atoms with Gasteiger partial charge in [0.05, 0.1) is 0 Å². The van der Waals surface area contributed by atoms with Crippen molar-refractivity contribution in [1.82, 2.24) is 14.7 Å². The number of carbonyl (C=O) groups is 3. The molecular weight excluding hydrogens is 575 g/mol. The standard InChI is InChI=1S/C32H40Cl2N4O4/c1-21-5-7-27(16-30(21)34)38(32(41)42-28-9-13-36(14-10-28)23(3)39)12-4-11-35-17-24-19-37(20-25(24)18-35)31(40)29-8-6-26(33)15-22(29)2/h5-8,15-16,24-25,28H,4,9-14,17-20H2,1-3H3. The van der Waals surface area contributed by atoms with Gasteiger partial charge in [-0.3, -0.25) is 14.5 Å². The number of hydrogen-bond acceptors (Lipinski definition) is 5. The number of hydrogen-bond donors (Lipinski definition) is 0. The first-order valence-electron chi connectivity index (χ1n) is 14.9. The van der Waals surface area contributed by atoms with E-state index in [1.807, 2.05) is 49.1 Å². The highest BCUT2D eigenvalue weighted by molar-refractivity contribution is 6.31. The van der Waals surface area contributed by atoms with E-state index in [-0.39, 0.29) is 24.0 Å². The molecule has 2 atom stereocenters. The van der Waals surface area contributed by atoms with Crippen LogP contribution in [-0.2, 0) is 9.53 Å². The van der Waals surface area contributed by atoms with Gasteiger partial charge in [0, 0.05) is 86.9 Å². The molecule has 3 aliphatic heterocycles. The molecule has 0 radical (unpaired) electrons. The fourth-order valence-corrected chi connectivity index (χ4v) is 6.90. The van der Waals surface area contributed by atoms with Crippen LogP contribution >= 0.6 is 23.2 Å². The Morgan fingerprint density at radius 1 is 0.905 bits per heavy atom. The molecule has 3 fully saturated rings. The van der Waals surface area contributed by atoms with Crippen molar-refractivity contribution in [3.05, 3.63) is 63.1 Å². The Morgan fingerprint density at radius 2 is 1.60 bits per heavy atom. The maximum Gasteiger partial charge on any atom is 0.414 e. The second-order valence-electron chi connectivity index (χ2n) is 12.0. The van der Waals surface area contributed by atoms with Gasteiger partial charge in [-0.2, -0.15) is 0 Å². The molecule has 3 heterocycles. The zero-order valence-corrected chi connectivity index (χ0v) is 26.2. The number of piperidine rings is 1. The molecule has 10 heteroatoms. The minimum absolute atomic E-state index is 0.0534. The van der Waals surface area contributed by atoms with Crippen molar-refractivity contribution in [2.24, 2.45) is 11.8 Å². The number of nitrogens with zero attached hydrogens (tertiary/aromatic N) is 4. The summed E-state index contributed by atoms with van der Waals surface area (Å²) in [5, 5.41) is 1.26. The van der Waals surface area contributed by atoms with Crippen LogP contribution in [0.5, 0.6) is 0 Å². The average Bonchev–Trinajstić information content (AvgIpc) is 3.52. The summed E-state index contributed by atoms with van der Waals surface area (Å²) >= 11 is 12.5. The molecule has 3 amide bonds. The lowest BCUT2D eigenvalue weighted by molar-refractivity contribution is -0.130. The highest BCUT2D eigenvalue weighted by Gasteiger charge is 2.41. The number of likely N-dealkylation sites (tertiary alicyclic amines) is 3. The monoisotopic (exact) mass is 614 g/mol. The van der Waals surface area contributed by atoms with E-state index in [1.165, 1.54) is 0 Å². The summed E-state index contributed by atoms with van der Waals surface area (Å²) < 4.78 is 5.92. The summed E-state index contributed by atoms with van der Waals surface area (Å²) in [5.41, 5.74) is 3.31. The smallest absolute Gasteiger partial charge is 0.414 e. The number of halogens is 2. The zero-order chi connectivity index (χ0) is 30.0. The van der Waals surface area contributed by atoms with Gasteiger partial charge in [-0.1, -0.05) is 29.3 Å². The van der Waals surface area contributed by atoms with Crippen molar-refractivity contribution in [2.45, 2.75) is 46.1 Å². The Morgan fingerprint density at radius 3 is 2.21 bits per heavy atom. The van der Waals surface area contributed by atoms with Crippen LogP contribution < -0.4 is 4.90 Å². The normalized spacial score (nSPS) is 21.0. The van der Waals surface area contributed by atoms with Gasteiger partial charge in [-0.05, 0) is 80.1 Å². The number of aryl methyl sites for hydroxylation is 2. The van der Waals surface area contributed by atoms with Crippen LogP contribution in [0.15, 0.2) is 36.4 Å². The van der Waals surface area contributed by atoms with E-state index in [2.05, 4.69) is 4.90 Å². The van der Waals surface area contributed by atoms with E-state index in [9.17, 15) is 14.4 Å². The average molecular weight is 616 g/mol. The summed E-state index contributed by atoms with van der Waals surface area (Å²) in [6.07, 6.45) is 1.48. The Kier molecular flexibility index (Phi) is 9.65. The van der Waals surface area contributed by atoms with Crippen LogP contribution in [0.3, 0.4) is 0 Å². The van der Waals surface area contributed by atoms with Crippen molar-refractivity contribution in [2.75, 3.05) is 57.3 Å². The molecule has 5 rings (SSSR count). The Hall–Kier alpha value is -2.81. The maximum absolute atomic E-state index is 13.4. The van der Waals surface area contributed by atoms with Crippen LogP contribution in [0.4, 0.5) is 10.5 Å². The number of carbonyl (C=O) groups excluding carboxylic acids is 3. The van der Waals surface area contributed by atoms with E-state index in [0.29, 0.717) is 54.4 Å². The van der Waals surface area contributed by atoms with Gasteiger partial charge in [0.15, 0.2) is 0 Å². The van der Waals surface area contributed by atoms with Crippen LogP contribution in [0, 0.1) is 25.7 Å². The van der Waals surface area contributed by atoms with Gasteiger partial charge in [0.25, 0.3) is 5.91 Å². The highest BCUT2D eigenvalue weighted by Crippen LogP contribution is 2.33. The molecule has 0 bridgehead atoms. The molecule has 0 N–H and O–H groups in total. The number of anilines is 1. The lowest BCUT2D eigenvalue weighted by atomic mass is 10.0. The molecule has 226 valence electrons. The van der Waals surface area contributed by atoms with Gasteiger partial charge in [0.2, 0.25) is 5.91 Å². The van der Waals surface area contributed by atoms with E-state index in [0.717, 1.165) is 61.5 Å². The van der Waals surface area contributed by atoms with Crippen molar-refractivity contribution in [1.29, 1.82) is 0 Å². The molecule has 42 heavy (non-hydrogen) atoms. The number of amides is 3. The molecule has 8 nitrogen and oxygen atoms in total. The summed E-state index contributed by atoms with van der Waals surface area (Å²) in [5.74, 6) is 1.06. The minimum Gasteiger partial charge on any atom is -0.446 e. The third kappa shape index (κ3) is 7.04. The van der Waals surface area contributed by atoms with E-state index in [4.69, 9.17) is 27.9 Å². The summed E-state index contributed by atoms with van der Waals surface area (Å²) in [4.78, 5) is 46.1. The van der Waals surface area contributed by atoms with Crippen LogP contribution in [0.25, 0.3) is 0 Å². The molecule has 3 aliphatic rings. The first-order valence-corrected chi connectivity index (χ1v) is 15.6. The topological polar surface area (TPSA) is 73.4 Å². The molecule has 2 aromatic carbocycles. The van der Waals surface area contributed by atoms with Crippen molar-refractivity contribution < 1.29 is 19.1 Å². The fourth-order valence-electron chi connectivity index (χ4n) is 6.50. The van der Waals surface area contributed by atoms with Crippen molar-refractivity contribution in [3.8, 4) is 0 Å². The van der Waals surface area contributed by atoms with Gasteiger partial charge in [0.1, 0.15) is 6.10 Å². The lowest BCUT2D eigenvalue weighted by Crippen LogP contribution is -2.43. The SMILES string of the molecule is CC(=O)N1CCC(OC(=O)N(CCCN2CC3CN(C(=O)c4ccc(Cl)cc4C)CC3C2)c2ccc(C)c(Cl)c2)CC1. The summed E-state index contributed by atoms with van der Waals surface area (Å²) in [6, 6.07) is 11.1. The highest BCUT2D eigenvalue weighted by atomic mass is 35.5. The second kappa shape index (κ2) is 13.2. The molecule has 0 aromatic heterocycles. The predicted octanol–water partition coefficient (Wildman–Crippen LogP) is 5.66. The van der Waals surface area contributed by atoms with Crippen molar-refractivity contribution >= 4 is 46.8 Å². The van der Waals surface area contributed by atoms with Gasteiger partial charge >= 0.3 is 6.09 Å². The summed E-state index contributed by atoms with van der Waals surface area (Å²) in [6.45, 7) is 11.4. The molecule has 3 saturated heterocycles. The van der Waals surface area contributed by atoms with E-state index in [1.54, 1.807) is 22.8 Å².